The molecule has 56 heavy (non-hydrogen) atoms. The molecule has 0 radical (unpaired) electrons. The average molecular weight is 786 g/mol. The van der Waals surface area contributed by atoms with Crippen LogP contribution in [0.3, 0.4) is 0 Å². The summed E-state index contributed by atoms with van der Waals surface area (Å²) in [6.07, 6.45) is 1.95. The lowest BCUT2D eigenvalue weighted by molar-refractivity contribution is -0.143. The highest BCUT2D eigenvalue weighted by atomic mass is 16.4. The van der Waals surface area contributed by atoms with E-state index in [0.717, 1.165) is 10.9 Å². The molecule has 1 heterocycles. The third-order valence-corrected chi connectivity index (χ3v) is 9.53. The highest BCUT2D eigenvalue weighted by Gasteiger charge is 2.35. The third kappa shape index (κ3) is 15.3. The molecule has 312 valence electrons. The predicted molar refractivity (Wildman–Crippen MR) is 212 cm³/mol. The predicted octanol–water partition coefficient (Wildman–Crippen LogP) is 2.60. The third-order valence-electron chi connectivity index (χ3n) is 9.53. The Morgan fingerprint density at radius 2 is 1.18 bits per heavy atom. The highest BCUT2D eigenvalue weighted by Crippen LogP contribution is 2.20. The van der Waals surface area contributed by atoms with Gasteiger partial charge in [-0.3, -0.25) is 28.8 Å². The minimum absolute atomic E-state index is 0.0425. The van der Waals surface area contributed by atoms with Crippen LogP contribution in [0.5, 0.6) is 0 Å². The second kappa shape index (κ2) is 22.5. The van der Waals surface area contributed by atoms with Crippen molar-refractivity contribution in [3.63, 3.8) is 0 Å². The van der Waals surface area contributed by atoms with Gasteiger partial charge in [-0.25, -0.2) is 4.79 Å². The molecule has 0 bridgehead atoms. The maximum atomic E-state index is 14.2. The number of carbonyl (C=O) groups is 7. The number of aromatic nitrogens is 1. The first-order valence-electron chi connectivity index (χ1n) is 19.5. The Hall–Kier alpha value is -4.99. The molecule has 1 aromatic carbocycles. The largest absolute Gasteiger partial charge is 0.481 e. The average Bonchev–Trinajstić information content (AvgIpc) is 3.52. The van der Waals surface area contributed by atoms with E-state index in [1.54, 1.807) is 13.1 Å². The van der Waals surface area contributed by atoms with Crippen LogP contribution >= 0.6 is 0 Å². The van der Waals surface area contributed by atoms with Crippen LogP contribution in [0.1, 0.15) is 99.5 Å². The molecule has 7 atom stereocenters. The van der Waals surface area contributed by atoms with Crippen molar-refractivity contribution in [1.29, 1.82) is 0 Å². The minimum Gasteiger partial charge on any atom is -0.481 e. The van der Waals surface area contributed by atoms with Crippen molar-refractivity contribution in [2.45, 2.75) is 137 Å². The van der Waals surface area contributed by atoms with Gasteiger partial charge in [0.1, 0.15) is 30.2 Å². The maximum absolute atomic E-state index is 14.2. The summed E-state index contributed by atoms with van der Waals surface area (Å²) in [6, 6.07) is 0.207. The quantitative estimate of drug-likeness (QED) is 0.0751. The van der Waals surface area contributed by atoms with Gasteiger partial charge in [0, 0.05) is 29.9 Å². The molecule has 16 nitrogen and oxygen atoms in total. The van der Waals surface area contributed by atoms with Gasteiger partial charge in [0.15, 0.2) is 0 Å². The van der Waals surface area contributed by atoms with Crippen molar-refractivity contribution >= 4 is 52.4 Å². The van der Waals surface area contributed by atoms with Crippen molar-refractivity contribution < 1.29 is 43.8 Å². The molecule has 2 aromatic rings. The zero-order chi connectivity index (χ0) is 42.3. The van der Waals surface area contributed by atoms with Gasteiger partial charge in [-0.15, -0.1) is 0 Å². The highest BCUT2D eigenvalue weighted by molar-refractivity contribution is 5.97. The molecule has 0 unspecified atom stereocenters. The smallest absolute Gasteiger partial charge is 0.326 e. The van der Waals surface area contributed by atoms with Gasteiger partial charge in [0.05, 0.1) is 6.04 Å². The van der Waals surface area contributed by atoms with E-state index >= 15 is 0 Å². The van der Waals surface area contributed by atoms with Crippen LogP contribution in [0.25, 0.3) is 10.9 Å². The SMILES string of the molecule is CC[C@H](C)[C@H](NC(=O)[C@@H](N)CC(C)C)C(=O)N[C@@H](CCC(=O)O)C(=O)N[C@@H](Cc1c[nH]c2ccccc12)C(=O)N[C@@H](CC(C)C)C(=O)N[C@@H](CC(C)C)C(=O)O. The first-order chi connectivity index (χ1) is 26.2. The van der Waals surface area contributed by atoms with E-state index < -0.39 is 84.1 Å². The van der Waals surface area contributed by atoms with Crippen LogP contribution in [-0.2, 0) is 40.0 Å². The number of rotatable bonds is 24. The van der Waals surface area contributed by atoms with E-state index in [1.165, 1.54) is 0 Å². The fourth-order valence-electron chi connectivity index (χ4n) is 6.32. The Morgan fingerprint density at radius 1 is 0.661 bits per heavy atom. The number of fused-ring (bicyclic) bond motifs is 1. The monoisotopic (exact) mass is 785 g/mol. The van der Waals surface area contributed by atoms with Crippen molar-refractivity contribution in [2.24, 2.45) is 29.4 Å². The molecule has 0 saturated heterocycles. The molecule has 2 rings (SSSR count). The first-order valence-corrected chi connectivity index (χ1v) is 19.5. The maximum Gasteiger partial charge on any atom is 0.326 e. The number of nitrogens with one attached hydrogen (secondary N) is 6. The molecule has 16 heteroatoms. The summed E-state index contributed by atoms with van der Waals surface area (Å²) in [6.45, 7) is 14.7. The number of hydrogen-bond acceptors (Lipinski definition) is 8. The number of hydrogen-bond donors (Lipinski definition) is 9. The summed E-state index contributed by atoms with van der Waals surface area (Å²) >= 11 is 0. The zero-order valence-electron chi connectivity index (χ0n) is 33.9. The number of benzene rings is 1. The van der Waals surface area contributed by atoms with E-state index in [0.29, 0.717) is 18.4 Å². The Bertz CT molecular complexity index is 1660. The lowest BCUT2D eigenvalue weighted by atomic mass is 9.96. The van der Waals surface area contributed by atoms with Crippen LogP contribution in [0.2, 0.25) is 0 Å². The Labute approximate surface area is 329 Å². The normalized spacial score (nSPS) is 15.3. The number of carbonyl (C=O) groups excluding carboxylic acids is 5. The van der Waals surface area contributed by atoms with Crippen molar-refractivity contribution in [3.05, 3.63) is 36.0 Å². The Morgan fingerprint density at radius 3 is 1.75 bits per heavy atom. The molecule has 0 aliphatic heterocycles. The number of carboxylic acid groups (broad SMARTS) is 2. The fourth-order valence-corrected chi connectivity index (χ4v) is 6.32. The van der Waals surface area contributed by atoms with Crippen LogP contribution < -0.4 is 32.3 Å². The van der Waals surface area contributed by atoms with Gasteiger partial charge in [-0.05, 0) is 61.0 Å². The lowest BCUT2D eigenvalue weighted by Gasteiger charge is -2.29. The summed E-state index contributed by atoms with van der Waals surface area (Å²) in [5.41, 5.74) is 7.50. The van der Waals surface area contributed by atoms with Gasteiger partial charge < -0.3 is 47.5 Å². The molecule has 0 spiro atoms. The van der Waals surface area contributed by atoms with Gasteiger partial charge in [0.2, 0.25) is 29.5 Å². The van der Waals surface area contributed by atoms with Crippen molar-refractivity contribution in [3.8, 4) is 0 Å². The summed E-state index contributed by atoms with van der Waals surface area (Å²) in [4.78, 5) is 95.3. The van der Waals surface area contributed by atoms with Gasteiger partial charge in [-0.1, -0.05) is 80.0 Å². The fraction of sp³-hybridized carbons (Fsp3) is 0.625. The molecule has 0 saturated carbocycles. The van der Waals surface area contributed by atoms with Crippen molar-refractivity contribution in [1.82, 2.24) is 31.6 Å². The van der Waals surface area contributed by atoms with E-state index in [-0.39, 0.29) is 49.4 Å². The molecule has 1 aromatic heterocycles. The number of nitrogens with two attached hydrogens (primary N) is 1. The van der Waals surface area contributed by atoms with Gasteiger partial charge in [0.25, 0.3) is 0 Å². The molecular weight excluding hydrogens is 722 g/mol. The molecule has 0 aliphatic rings. The van der Waals surface area contributed by atoms with Crippen LogP contribution in [0.15, 0.2) is 30.5 Å². The lowest BCUT2D eigenvalue weighted by Crippen LogP contribution is -2.60. The van der Waals surface area contributed by atoms with E-state index in [4.69, 9.17) is 5.73 Å². The van der Waals surface area contributed by atoms with E-state index in [2.05, 4.69) is 31.6 Å². The molecule has 0 fully saturated rings. The summed E-state index contributed by atoms with van der Waals surface area (Å²) in [5, 5.41) is 33.3. The number of aliphatic carboxylic acids is 2. The Balaban J connectivity index is 2.48. The van der Waals surface area contributed by atoms with E-state index in [1.807, 2.05) is 72.7 Å². The number of amides is 5. The zero-order valence-corrected chi connectivity index (χ0v) is 33.9. The topological polar surface area (TPSA) is 262 Å². The van der Waals surface area contributed by atoms with E-state index in [9.17, 15) is 43.8 Å². The number of H-pyrrole nitrogens is 1. The molecular formula is C40H63N7O9. The number of carboxylic acids is 2. The van der Waals surface area contributed by atoms with Crippen LogP contribution in [0, 0.1) is 23.7 Å². The standard InChI is InChI=1S/C40H63N7O9/c1-9-24(8)34(47-35(50)27(41)16-21(2)3)39(54)43-29(14-15-33(48)49)36(51)45-31(19-25-20-42-28-13-11-10-12-26(25)28)38(53)44-30(17-22(4)5)37(52)46-32(40(55)56)18-23(6)7/h10-13,20-24,27,29-32,34,42H,9,14-19,41H2,1-8H3,(H,43,54)(H,44,53)(H,45,51)(H,46,52)(H,47,50)(H,48,49)(H,55,56)/t24-,27-,29-,30-,31-,32-,34-/m0/s1. The second-order valence-electron chi connectivity index (χ2n) is 15.9. The summed E-state index contributed by atoms with van der Waals surface area (Å²) < 4.78 is 0. The van der Waals surface area contributed by atoms with Crippen LogP contribution in [0.4, 0.5) is 0 Å². The number of para-hydroxylation sites is 1. The Kier molecular flexibility index (Phi) is 19.0. The van der Waals surface area contributed by atoms with Gasteiger partial charge >= 0.3 is 11.9 Å². The second-order valence-corrected chi connectivity index (χ2v) is 15.9. The summed E-state index contributed by atoms with van der Waals surface area (Å²) in [7, 11) is 0. The minimum atomic E-state index is -1.44. The van der Waals surface area contributed by atoms with Gasteiger partial charge in [-0.2, -0.15) is 0 Å². The molecule has 5 amide bonds. The first kappa shape index (κ1) is 47.2. The summed E-state index contributed by atoms with van der Waals surface area (Å²) in [5.74, 6) is -6.44. The number of aromatic amines is 1. The molecule has 0 aliphatic carbocycles. The van der Waals surface area contributed by atoms with Crippen molar-refractivity contribution in [2.75, 3.05) is 0 Å². The van der Waals surface area contributed by atoms with Crippen LogP contribution in [-0.4, -0.2) is 92.9 Å². The molecule has 10 N–H and O–H groups in total.